The first kappa shape index (κ1) is 39.2. The van der Waals surface area contributed by atoms with Crippen molar-refractivity contribution < 1.29 is 43.9 Å². The third-order valence-corrected chi connectivity index (χ3v) is 9.71. The van der Waals surface area contributed by atoms with Crippen LogP contribution < -0.4 is 0 Å². The highest BCUT2D eigenvalue weighted by molar-refractivity contribution is 5.70. The predicted octanol–water partition coefficient (Wildman–Crippen LogP) is 3.86. The first-order valence-corrected chi connectivity index (χ1v) is 17.4. The lowest BCUT2D eigenvalue weighted by Gasteiger charge is -2.30. The number of aliphatic hydroxyl groups is 3. The summed E-state index contributed by atoms with van der Waals surface area (Å²) in [5.74, 6) is -0.822. The van der Waals surface area contributed by atoms with Crippen LogP contribution in [0.15, 0.2) is 36.0 Å². The van der Waals surface area contributed by atoms with Crippen LogP contribution in [0, 0.1) is 17.8 Å². The number of ether oxygens (including phenoxy) is 4. The molecule has 3 N–H and O–H groups in total. The molecule has 3 aliphatic rings. The summed E-state index contributed by atoms with van der Waals surface area (Å²) in [6.07, 6.45) is 7.90. The lowest BCUT2D eigenvalue weighted by molar-refractivity contribution is -0.151. The van der Waals surface area contributed by atoms with Gasteiger partial charge < -0.3 is 39.2 Å². The van der Waals surface area contributed by atoms with Crippen molar-refractivity contribution in [3.8, 4) is 0 Å². The molecule has 268 valence electrons. The highest BCUT2D eigenvalue weighted by Crippen LogP contribution is 2.37. The molecule has 0 spiro atoms. The van der Waals surface area contributed by atoms with Crippen molar-refractivity contribution in [3.63, 3.8) is 0 Å². The maximum Gasteiger partial charge on any atom is 0.410 e. The SMILES string of the molecule is CCC(O)C(C)C1OC1CC(C)(O)/C=C/C=C(\C)C1OC(=O)CC(O)CCC(C)C(OC(=O)N(C)CCN2CCOCC2)/C=C\C1C. The number of likely N-dealkylation sites (N-methyl/N-ethyl adjacent to an activating group) is 1. The Labute approximate surface area is 281 Å². The molecule has 0 aromatic rings. The number of allylic oxidation sites excluding steroid dienone is 2. The van der Waals surface area contributed by atoms with E-state index in [4.69, 9.17) is 18.9 Å². The van der Waals surface area contributed by atoms with Gasteiger partial charge in [0.05, 0.1) is 49.7 Å². The third kappa shape index (κ3) is 12.9. The molecule has 1 amide bonds. The van der Waals surface area contributed by atoms with Gasteiger partial charge in [-0.15, -0.1) is 0 Å². The third-order valence-electron chi connectivity index (χ3n) is 9.71. The molecule has 0 radical (unpaired) electrons. The van der Waals surface area contributed by atoms with Crippen molar-refractivity contribution in [3.05, 3.63) is 36.0 Å². The Morgan fingerprint density at radius 3 is 2.62 bits per heavy atom. The van der Waals surface area contributed by atoms with Crippen LogP contribution in [0.2, 0.25) is 0 Å². The van der Waals surface area contributed by atoms with Gasteiger partial charge in [0.25, 0.3) is 0 Å². The number of carbonyl (C=O) groups excluding carboxylic acids is 2. The maximum absolute atomic E-state index is 13.1. The average Bonchev–Trinajstić information content (AvgIpc) is 3.79. The van der Waals surface area contributed by atoms with E-state index in [0.29, 0.717) is 45.4 Å². The first-order valence-electron chi connectivity index (χ1n) is 17.4. The highest BCUT2D eigenvalue weighted by atomic mass is 16.6. The largest absolute Gasteiger partial charge is 0.457 e. The summed E-state index contributed by atoms with van der Waals surface area (Å²) in [7, 11) is 1.74. The summed E-state index contributed by atoms with van der Waals surface area (Å²) in [5, 5.41) is 31.7. The van der Waals surface area contributed by atoms with E-state index in [1.807, 2.05) is 52.8 Å². The van der Waals surface area contributed by atoms with Crippen LogP contribution in [0.25, 0.3) is 0 Å². The van der Waals surface area contributed by atoms with Gasteiger partial charge in [0.2, 0.25) is 0 Å². The Morgan fingerprint density at radius 2 is 1.94 bits per heavy atom. The maximum atomic E-state index is 13.1. The van der Waals surface area contributed by atoms with Crippen LogP contribution in [0.5, 0.6) is 0 Å². The normalized spacial score (nSPS) is 33.1. The molecule has 0 saturated carbocycles. The molecular formula is C36H60N2O9. The summed E-state index contributed by atoms with van der Waals surface area (Å²) in [6.45, 7) is 15.8. The van der Waals surface area contributed by atoms with E-state index in [-0.39, 0.29) is 36.4 Å². The van der Waals surface area contributed by atoms with Gasteiger partial charge in [-0.1, -0.05) is 52.0 Å². The second-order valence-electron chi connectivity index (χ2n) is 14.1. The van der Waals surface area contributed by atoms with Crippen LogP contribution >= 0.6 is 0 Å². The topological polar surface area (TPSA) is 142 Å². The lowest BCUT2D eigenvalue weighted by Crippen LogP contribution is -2.42. The number of hydrogen-bond acceptors (Lipinski definition) is 10. The number of nitrogens with zero attached hydrogens (tertiary/aromatic N) is 2. The van der Waals surface area contributed by atoms with E-state index < -0.39 is 42.1 Å². The van der Waals surface area contributed by atoms with Gasteiger partial charge in [0.1, 0.15) is 12.2 Å². The van der Waals surface area contributed by atoms with E-state index in [9.17, 15) is 24.9 Å². The summed E-state index contributed by atoms with van der Waals surface area (Å²) in [5.41, 5.74) is -0.368. The fourth-order valence-corrected chi connectivity index (χ4v) is 6.21. The molecular weight excluding hydrogens is 604 g/mol. The monoisotopic (exact) mass is 664 g/mol. The first-order chi connectivity index (χ1) is 22.2. The van der Waals surface area contributed by atoms with Crippen LogP contribution in [0.1, 0.15) is 73.6 Å². The van der Waals surface area contributed by atoms with Crippen LogP contribution in [-0.4, -0.2) is 126 Å². The number of amides is 1. The van der Waals surface area contributed by atoms with Gasteiger partial charge in [-0.05, 0) is 50.7 Å². The van der Waals surface area contributed by atoms with Gasteiger partial charge in [-0.3, -0.25) is 9.69 Å². The van der Waals surface area contributed by atoms with E-state index in [2.05, 4.69) is 4.90 Å². The molecule has 2 saturated heterocycles. The molecule has 3 heterocycles. The molecule has 3 aliphatic heterocycles. The smallest absolute Gasteiger partial charge is 0.410 e. The number of cyclic esters (lactones) is 1. The van der Waals surface area contributed by atoms with Gasteiger partial charge in [-0.25, -0.2) is 4.79 Å². The van der Waals surface area contributed by atoms with Gasteiger partial charge in [0, 0.05) is 51.5 Å². The number of rotatable bonds is 12. The standard InChI is InChI=1S/C36H60N2O9/c1-8-29(40)27(5)34-31(45-34)23-36(6,43)15-9-10-25(3)33-26(4)12-14-30(24(2)11-13-28(39)22-32(41)47-33)46-35(42)37(7)16-17-38-18-20-44-21-19-38/h9-10,12,14-15,24,26-31,33-34,39-40,43H,8,11,13,16-23H2,1-7H3/b14-12-,15-9+,25-10+. The van der Waals surface area contributed by atoms with Crippen LogP contribution in [-0.2, 0) is 23.7 Å². The Morgan fingerprint density at radius 1 is 1.23 bits per heavy atom. The molecule has 47 heavy (non-hydrogen) atoms. The summed E-state index contributed by atoms with van der Waals surface area (Å²) >= 11 is 0. The minimum Gasteiger partial charge on any atom is -0.457 e. The number of epoxide rings is 1. The number of aliphatic hydroxyl groups excluding tert-OH is 2. The summed E-state index contributed by atoms with van der Waals surface area (Å²) in [6, 6.07) is 0. The predicted molar refractivity (Wildman–Crippen MR) is 180 cm³/mol. The zero-order valence-electron chi connectivity index (χ0n) is 29.5. The number of morpholine rings is 1. The van der Waals surface area contributed by atoms with Crippen molar-refractivity contribution in [2.45, 2.75) is 116 Å². The molecule has 0 aromatic carbocycles. The zero-order chi connectivity index (χ0) is 34.7. The Kier molecular flexibility index (Phi) is 15.4. The minimum absolute atomic E-state index is 0.00290. The number of esters is 1. The zero-order valence-corrected chi connectivity index (χ0v) is 29.5. The molecule has 10 atom stereocenters. The van der Waals surface area contributed by atoms with Crippen LogP contribution in [0.3, 0.4) is 0 Å². The second-order valence-corrected chi connectivity index (χ2v) is 14.1. The molecule has 2 fully saturated rings. The number of carbonyl (C=O) groups is 2. The molecule has 0 aliphatic carbocycles. The van der Waals surface area contributed by atoms with Crippen molar-refractivity contribution in [1.82, 2.24) is 9.80 Å². The van der Waals surface area contributed by atoms with Gasteiger partial charge >= 0.3 is 12.1 Å². The van der Waals surface area contributed by atoms with E-state index >= 15 is 0 Å². The molecule has 11 heteroatoms. The number of hydrogen-bond donors (Lipinski definition) is 3. The van der Waals surface area contributed by atoms with Gasteiger partial charge in [0.15, 0.2) is 0 Å². The van der Waals surface area contributed by atoms with Crippen molar-refractivity contribution in [1.29, 1.82) is 0 Å². The quantitative estimate of drug-likeness (QED) is 0.122. The average molecular weight is 665 g/mol. The lowest BCUT2D eigenvalue weighted by atomic mass is 9.91. The molecule has 10 unspecified atom stereocenters. The molecule has 3 rings (SSSR count). The summed E-state index contributed by atoms with van der Waals surface area (Å²) < 4.78 is 23.0. The van der Waals surface area contributed by atoms with E-state index in [0.717, 1.165) is 25.2 Å². The molecule has 0 aromatic heterocycles. The van der Waals surface area contributed by atoms with Crippen molar-refractivity contribution in [2.75, 3.05) is 46.4 Å². The minimum atomic E-state index is -1.13. The fraction of sp³-hybridized carbons (Fsp3) is 0.778. The Balaban J connectivity index is 1.67. The molecule has 0 bridgehead atoms. The summed E-state index contributed by atoms with van der Waals surface area (Å²) in [4.78, 5) is 29.8. The van der Waals surface area contributed by atoms with Crippen LogP contribution in [0.4, 0.5) is 4.79 Å². The van der Waals surface area contributed by atoms with Gasteiger partial charge in [-0.2, -0.15) is 0 Å². The Hall–Kier alpha value is -2.28. The highest BCUT2D eigenvalue weighted by Gasteiger charge is 2.47. The van der Waals surface area contributed by atoms with E-state index in [1.165, 1.54) is 0 Å². The molecule has 11 nitrogen and oxygen atoms in total. The fourth-order valence-electron chi connectivity index (χ4n) is 6.21. The van der Waals surface area contributed by atoms with E-state index in [1.54, 1.807) is 31.0 Å². The van der Waals surface area contributed by atoms with Crippen molar-refractivity contribution in [2.24, 2.45) is 17.8 Å². The van der Waals surface area contributed by atoms with Crippen molar-refractivity contribution >= 4 is 12.1 Å². The Bertz CT molecular complexity index is 1090. The second kappa shape index (κ2) is 18.5.